The highest BCUT2D eigenvalue weighted by molar-refractivity contribution is 5.72. The van der Waals surface area contributed by atoms with Crippen LogP contribution in [0.2, 0.25) is 0 Å². The Morgan fingerprint density at radius 2 is 2.45 bits per heavy atom. The first-order valence-electron chi connectivity index (χ1n) is 3.31. The van der Waals surface area contributed by atoms with Crippen molar-refractivity contribution >= 4 is 11.0 Å². The van der Waals surface area contributed by atoms with E-state index >= 15 is 0 Å². The van der Waals surface area contributed by atoms with E-state index in [0.717, 1.165) is 16.1 Å². The zero-order chi connectivity index (χ0) is 7.84. The summed E-state index contributed by atoms with van der Waals surface area (Å²) in [5, 5.41) is 10.8. The first kappa shape index (κ1) is 6.15. The number of fused-ring (bicyclic) bond motifs is 1. The Morgan fingerprint density at radius 3 is 3.27 bits per heavy atom. The maximum atomic E-state index is 10.8. The van der Waals surface area contributed by atoms with Gasteiger partial charge < -0.3 is 10.2 Å². The number of aromatic amines is 1. The van der Waals surface area contributed by atoms with Crippen molar-refractivity contribution < 1.29 is 4.73 Å². The van der Waals surface area contributed by atoms with E-state index in [1.165, 1.54) is 12.4 Å². The van der Waals surface area contributed by atoms with Crippen molar-refractivity contribution in [2.45, 2.75) is 6.92 Å². The number of hydrogen-bond donors (Lipinski definition) is 1. The van der Waals surface area contributed by atoms with Gasteiger partial charge in [0.05, 0.1) is 5.52 Å². The van der Waals surface area contributed by atoms with Crippen LogP contribution in [0, 0.1) is 12.1 Å². The van der Waals surface area contributed by atoms with Crippen molar-refractivity contribution in [2.24, 2.45) is 0 Å². The summed E-state index contributed by atoms with van der Waals surface area (Å²) in [6.07, 6.45) is 2.89. The lowest BCUT2D eigenvalue weighted by Gasteiger charge is -1.91. The van der Waals surface area contributed by atoms with Gasteiger partial charge >= 0.3 is 0 Å². The van der Waals surface area contributed by atoms with E-state index in [4.69, 9.17) is 0 Å². The first-order chi connectivity index (χ1) is 5.25. The molecular weight excluding hydrogens is 142 g/mol. The Hall–Kier alpha value is -1.58. The van der Waals surface area contributed by atoms with Crippen LogP contribution in [0.4, 0.5) is 0 Å². The van der Waals surface area contributed by atoms with E-state index in [0.29, 0.717) is 5.52 Å². The van der Waals surface area contributed by atoms with E-state index in [9.17, 15) is 5.21 Å². The number of rotatable bonds is 0. The maximum Gasteiger partial charge on any atom is 0.208 e. The molecule has 0 bridgehead atoms. The number of imidazole rings is 1. The van der Waals surface area contributed by atoms with Gasteiger partial charge in [0.15, 0.2) is 11.7 Å². The van der Waals surface area contributed by atoms with Gasteiger partial charge in [-0.15, -0.1) is 0 Å². The molecular formula is C7H7N3O. The fourth-order valence-corrected chi connectivity index (χ4v) is 1.06. The van der Waals surface area contributed by atoms with E-state index in [2.05, 4.69) is 9.97 Å². The molecule has 0 unspecified atom stereocenters. The lowest BCUT2D eigenvalue weighted by atomic mass is 10.4. The number of nitrogens with zero attached hydrogens (tertiary/aromatic N) is 2. The Morgan fingerprint density at radius 1 is 1.64 bits per heavy atom. The molecule has 2 rings (SSSR count). The van der Waals surface area contributed by atoms with Crippen LogP contribution in [0.5, 0.6) is 0 Å². The second-order valence-corrected chi connectivity index (χ2v) is 2.43. The molecule has 0 saturated heterocycles. The van der Waals surface area contributed by atoms with Crippen LogP contribution < -0.4 is 4.73 Å². The van der Waals surface area contributed by atoms with Crippen molar-refractivity contribution in [2.75, 3.05) is 0 Å². The molecule has 0 radical (unpaired) electrons. The molecule has 11 heavy (non-hydrogen) atoms. The van der Waals surface area contributed by atoms with Crippen molar-refractivity contribution in [3.8, 4) is 0 Å². The van der Waals surface area contributed by atoms with Gasteiger partial charge in [-0.05, 0) is 6.92 Å². The van der Waals surface area contributed by atoms with Crippen LogP contribution in [0.1, 0.15) is 5.82 Å². The molecule has 0 aliphatic carbocycles. The second-order valence-electron chi connectivity index (χ2n) is 2.43. The van der Waals surface area contributed by atoms with Gasteiger partial charge in [-0.2, -0.15) is 4.73 Å². The van der Waals surface area contributed by atoms with Crippen LogP contribution in [-0.2, 0) is 0 Å². The molecule has 2 aromatic rings. The molecule has 1 N–H and O–H groups in total. The lowest BCUT2D eigenvalue weighted by Crippen LogP contribution is -2.23. The molecule has 0 spiro atoms. The highest BCUT2D eigenvalue weighted by Gasteiger charge is 2.00. The predicted octanol–water partition coefficient (Wildman–Crippen LogP) is 0.505. The summed E-state index contributed by atoms with van der Waals surface area (Å²) in [7, 11) is 0. The molecule has 4 heteroatoms. The minimum Gasteiger partial charge on any atom is -0.619 e. The fraction of sp³-hybridized carbons (Fsp3) is 0.143. The van der Waals surface area contributed by atoms with Crippen molar-refractivity contribution in [1.29, 1.82) is 0 Å². The Kier molecular flexibility index (Phi) is 1.09. The van der Waals surface area contributed by atoms with E-state index in [-0.39, 0.29) is 0 Å². The molecule has 56 valence electrons. The molecule has 4 nitrogen and oxygen atoms in total. The van der Waals surface area contributed by atoms with Gasteiger partial charge in [0.2, 0.25) is 6.20 Å². The van der Waals surface area contributed by atoms with Crippen LogP contribution >= 0.6 is 0 Å². The van der Waals surface area contributed by atoms with Gasteiger partial charge in [0, 0.05) is 6.07 Å². The molecule has 0 aliphatic rings. The Bertz CT molecular complexity index is 393. The topological polar surface area (TPSA) is 55.6 Å². The summed E-state index contributed by atoms with van der Waals surface area (Å²) >= 11 is 0. The molecule has 0 saturated carbocycles. The van der Waals surface area contributed by atoms with Gasteiger partial charge in [0.1, 0.15) is 5.82 Å². The highest BCUT2D eigenvalue weighted by Crippen LogP contribution is 2.06. The van der Waals surface area contributed by atoms with Gasteiger partial charge in [-0.3, -0.25) is 0 Å². The number of pyridine rings is 1. The van der Waals surface area contributed by atoms with E-state index < -0.39 is 0 Å². The van der Waals surface area contributed by atoms with Gasteiger partial charge in [0.25, 0.3) is 0 Å². The zero-order valence-corrected chi connectivity index (χ0v) is 6.03. The minimum atomic E-state index is 0.708. The first-order valence-corrected chi connectivity index (χ1v) is 3.31. The van der Waals surface area contributed by atoms with Gasteiger partial charge in [-0.1, -0.05) is 0 Å². The quantitative estimate of drug-likeness (QED) is 0.438. The van der Waals surface area contributed by atoms with Crippen LogP contribution in [-0.4, -0.2) is 9.97 Å². The smallest absolute Gasteiger partial charge is 0.208 e. The van der Waals surface area contributed by atoms with E-state index in [1.807, 2.05) is 6.92 Å². The number of aromatic nitrogens is 3. The minimum absolute atomic E-state index is 0.708. The average Bonchev–Trinajstić information content (AvgIpc) is 2.27. The standard InChI is InChI=1S/C7H7N3O/c1-5-8-6-2-3-10(11)4-7(6)9-5/h2-4H,1H3,(H,8,9). The van der Waals surface area contributed by atoms with Crippen LogP contribution in [0.15, 0.2) is 18.5 Å². The molecule has 2 heterocycles. The Balaban J connectivity index is 2.82. The lowest BCUT2D eigenvalue weighted by molar-refractivity contribution is -0.604. The molecule has 0 amide bonds. The number of H-pyrrole nitrogens is 1. The van der Waals surface area contributed by atoms with Crippen molar-refractivity contribution in [3.63, 3.8) is 0 Å². The number of nitrogens with one attached hydrogen (secondary N) is 1. The summed E-state index contributed by atoms with van der Waals surface area (Å²) in [6, 6.07) is 1.71. The third kappa shape index (κ3) is 0.920. The maximum absolute atomic E-state index is 10.8. The van der Waals surface area contributed by atoms with Crippen molar-refractivity contribution in [3.05, 3.63) is 29.5 Å². The molecule has 2 aromatic heterocycles. The summed E-state index contributed by atoms with van der Waals surface area (Å²) in [6.45, 7) is 1.86. The molecule has 0 aromatic carbocycles. The van der Waals surface area contributed by atoms with E-state index in [1.54, 1.807) is 6.07 Å². The highest BCUT2D eigenvalue weighted by atomic mass is 16.5. The summed E-state index contributed by atoms with van der Waals surface area (Å²) in [4.78, 5) is 7.12. The number of hydrogen-bond acceptors (Lipinski definition) is 2. The second kappa shape index (κ2) is 1.95. The normalized spacial score (nSPS) is 10.6. The number of aryl methyl sites for hydroxylation is 1. The van der Waals surface area contributed by atoms with Crippen LogP contribution in [0.3, 0.4) is 0 Å². The summed E-state index contributed by atoms with van der Waals surface area (Å²) in [5.74, 6) is 0.825. The fourth-order valence-electron chi connectivity index (χ4n) is 1.06. The zero-order valence-electron chi connectivity index (χ0n) is 6.03. The van der Waals surface area contributed by atoms with Gasteiger partial charge in [-0.25, -0.2) is 4.98 Å². The largest absolute Gasteiger partial charge is 0.619 e. The molecule has 0 fully saturated rings. The monoisotopic (exact) mass is 149 g/mol. The predicted molar refractivity (Wildman–Crippen MR) is 39.8 cm³/mol. The third-order valence-corrected chi connectivity index (χ3v) is 1.52. The third-order valence-electron chi connectivity index (χ3n) is 1.52. The average molecular weight is 149 g/mol. The summed E-state index contributed by atoms with van der Waals surface area (Å²) in [5.41, 5.74) is 1.61. The summed E-state index contributed by atoms with van der Waals surface area (Å²) < 4.78 is 0.739. The molecule has 0 atom stereocenters. The SMILES string of the molecule is Cc1nc2c[n+]([O-])ccc2[nH]1. The molecule has 0 aliphatic heterocycles. The van der Waals surface area contributed by atoms with Crippen molar-refractivity contribution in [1.82, 2.24) is 9.97 Å². The van der Waals surface area contributed by atoms with Crippen LogP contribution in [0.25, 0.3) is 11.0 Å². The Labute approximate surface area is 63.1 Å².